The predicted octanol–water partition coefficient (Wildman–Crippen LogP) is 1.79. The summed E-state index contributed by atoms with van der Waals surface area (Å²) in [7, 11) is 0. The van der Waals surface area contributed by atoms with Gasteiger partial charge in [0.25, 0.3) is 0 Å². The Kier molecular flexibility index (Phi) is 3.30. The number of aromatic carboxylic acids is 1. The van der Waals surface area contributed by atoms with Crippen LogP contribution in [-0.4, -0.2) is 21.0 Å². The van der Waals surface area contributed by atoms with E-state index in [1.165, 1.54) is 12.3 Å². The summed E-state index contributed by atoms with van der Waals surface area (Å²) in [6, 6.07) is 11.1. The first-order valence-electron chi connectivity index (χ1n) is 5.10. The predicted molar refractivity (Wildman–Crippen MR) is 62.8 cm³/mol. The van der Waals surface area contributed by atoms with Crippen LogP contribution in [0.3, 0.4) is 0 Å². The highest BCUT2D eigenvalue weighted by Crippen LogP contribution is 2.04. The molecule has 0 saturated heterocycles. The highest BCUT2D eigenvalue weighted by atomic mass is 16.4. The van der Waals surface area contributed by atoms with Crippen LogP contribution in [0.1, 0.15) is 16.1 Å². The van der Waals surface area contributed by atoms with E-state index in [9.17, 15) is 4.79 Å². The number of hydrogen-bond donors (Lipinski definition) is 2. The fourth-order valence-electron chi connectivity index (χ4n) is 1.34. The van der Waals surface area contributed by atoms with Crippen LogP contribution < -0.4 is 5.32 Å². The zero-order valence-corrected chi connectivity index (χ0v) is 9.00. The number of carboxylic acid groups (broad SMARTS) is 1. The van der Waals surface area contributed by atoms with E-state index in [0.29, 0.717) is 12.5 Å². The van der Waals surface area contributed by atoms with Gasteiger partial charge in [-0.15, -0.1) is 0 Å². The van der Waals surface area contributed by atoms with Crippen LogP contribution in [0.25, 0.3) is 0 Å². The molecule has 86 valence electrons. The van der Waals surface area contributed by atoms with E-state index in [-0.39, 0.29) is 5.69 Å². The number of carbonyl (C=O) groups is 1. The summed E-state index contributed by atoms with van der Waals surface area (Å²) in [5.41, 5.74) is 1.06. The van der Waals surface area contributed by atoms with Gasteiger partial charge in [-0.05, 0) is 11.6 Å². The van der Waals surface area contributed by atoms with Gasteiger partial charge >= 0.3 is 5.97 Å². The number of carboxylic acids is 1. The van der Waals surface area contributed by atoms with Crippen molar-refractivity contribution in [3.63, 3.8) is 0 Å². The Morgan fingerprint density at radius 2 is 2.00 bits per heavy atom. The number of nitrogens with one attached hydrogen (secondary N) is 1. The Balaban J connectivity index is 2.04. The third-order valence-electron chi connectivity index (χ3n) is 2.17. The van der Waals surface area contributed by atoms with E-state index >= 15 is 0 Å². The molecule has 0 amide bonds. The Hall–Kier alpha value is -2.43. The zero-order chi connectivity index (χ0) is 12.1. The summed E-state index contributed by atoms with van der Waals surface area (Å²) < 4.78 is 0. The van der Waals surface area contributed by atoms with Crippen molar-refractivity contribution in [3.8, 4) is 0 Å². The van der Waals surface area contributed by atoms with Crippen LogP contribution in [0.15, 0.2) is 42.6 Å². The lowest BCUT2D eigenvalue weighted by Crippen LogP contribution is -2.07. The Morgan fingerprint density at radius 1 is 1.24 bits per heavy atom. The van der Waals surface area contributed by atoms with Gasteiger partial charge in [-0.3, -0.25) is 0 Å². The normalized spacial score (nSPS) is 9.88. The molecule has 0 saturated carbocycles. The molecule has 0 fully saturated rings. The van der Waals surface area contributed by atoms with Gasteiger partial charge in [-0.2, -0.15) is 0 Å². The molecule has 2 aromatic rings. The van der Waals surface area contributed by atoms with Crippen molar-refractivity contribution in [2.75, 3.05) is 5.32 Å². The highest BCUT2D eigenvalue weighted by Gasteiger charge is 2.05. The molecule has 0 aliphatic rings. The molecule has 1 aromatic carbocycles. The molecule has 2 rings (SSSR count). The molecule has 0 spiro atoms. The van der Waals surface area contributed by atoms with Gasteiger partial charge in [-0.25, -0.2) is 14.8 Å². The summed E-state index contributed by atoms with van der Waals surface area (Å²) in [6.07, 6.45) is 1.42. The monoisotopic (exact) mass is 229 g/mol. The lowest BCUT2D eigenvalue weighted by molar-refractivity contribution is 0.0690. The van der Waals surface area contributed by atoms with Crippen molar-refractivity contribution < 1.29 is 9.90 Å². The summed E-state index contributed by atoms with van der Waals surface area (Å²) >= 11 is 0. The highest BCUT2D eigenvalue weighted by molar-refractivity contribution is 5.85. The maximum atomic E-state index is 10.7. The number of aromatic nitrogens is 2. The van der Waals surface area contributed by atoms with E-state index in [1.807, 2.05) is 30.3 Å². The first-order valence-corrected chi connectivity index (χ1v) is 5.10. The average Bonchev–Trinajstić information content (AvgIpc) is 2.38. The van der Waals surface area contributed by atoms with E-state index in [4.69, 9.17) is 5.11 Å². The van der Waals surface area contributed by atoms with Gasteiger partial charge in [0.15, 0.2) is 5.69 Å². The summed E-state index contributed by atoms with van der Waals surface area (Å²) in [4.78, 5) is 18.5. The number of rotatable bonds is 4. The molecule has 0 radical (unpaired) electrons. The van der Waals surface area contributed by atoms with Gasteiger partial charge in [0, 0.05) is 12.7 Å². The third-order valence-corrected chi connectivity index (χ3v) is 2.17. The van der Waals surface area contributed by atoms with Crippen LogP contribution in [0, 0.1) is 0 Å². The SMILES string of the molecule is O=C(O)c1ccnc(NCc2ccccc2)n1. The minimum absolute atomic E-state index is 0.0180. The average molecular weight is 229 g/mol. The van der Waals surface area contributed by atoms with Gasteiger partial charge in [0.1, 0.15) is 0 Å². The van der Waals surface area contributed by atoms with Crippen molar-refractivity contribution in [3.05, 3.63) is 53.9 Å². The molecular formula is C12H11N3O2. The van der Waals surface area contributed by atoms with Gasteiger partial charge < -0.3 is 10.4 Å². The van der Waals surface area contributed by atoms with Crippen molar-refractivity contribution in [1.29, 1.82) is 0 Å². The number of anilines is 1. The van der Waals surface area contributed by atoms with Crippen LogP contribution in [0.4, 0.5) is 5.95 Å². The van der Waals surface area contributed by atoms with Crippen molar-refractivity contribution in [2.45, 2.75) is 6.54 Å². The summed E-state index contributed by atoms with van der Waals surface area (Å²) in [6.45, 7) is 0.559. The first-order chi connectivity index (χ1) is 8.25. The maximum absolute atomic E-state index is 10.7. The van der Waals surface area contributed by atoms with Crippen molar-refractivity contribution in [1.82, 2.24) is 9.97 Å². The lowest BCUT2D eigenvalue weighted by Gasteiger charge is -2.04. The fourth-order valence-corrected chi connectivity index (χ4v) is 1.34. The van der Waals surface area contributed by atoms with E-state index in [1.54, 1.807) is 0 Å². The van der Waals surface area contributed by atoms with Crippen LogP contribution >= 0.6 is 0 Å². The molecular weight excluding hydrogens is 218 g/mol. The van der Waals surface area contributed by atoms with Gasteiger partial charge in [0.05, 0.1) is 0 Å². The molecule has 0 aliphatic heterocycles. The van der Waals surface area contributed by atoms with Gasteiger partial charge in [-0.1, -0.05) is 30.3 Å². The van der Waals surface area contributed by atoms with Crippen LogP contribution in [0.2, 0.25) is 0 Å². The van der Waals surface area contributed by atoms with E-state index in [2.05, 4.69) is 15.3 Å². The van der Waals surface area contributed by atoms with E-state index in [0.717, 1.165) is 5.56 Å². The largest absolute Gasteiger partial charge is 0.477 e. The topological polar surface area (TPSA) is 75.1 Å². The Bertz CT molecular complexity index is 514. The number of hydrogen-bond acceptors (Lipinski definition) is 4. The molecule has 1 aromatic heterocycles. The molecule has 1 heterocycles. The van der Waals surface area contributed by atoms with Crippen molar-refractivity contribution >= 4 is 11.9 Å². The molecule has 17 heavy (non-hydrogen) atoms. The summed E-state index contributed by atoms with van der Waals surface area (Å²) in [5, 5.41) is 11.7. The summed E-state index contributed by atoms with van der Waals surface area (Å²) in [5.74, 6) is -0.746. The zero-order valence-electron chi connectivity index (χ0n) is 9.00. The molecule has 0 atom stereocenters. The van der Waals surface area contributed by atoms with Crippen LogP contribution in [-0.2, 0) is 6.54 Å². The number of nitrogens with zero attached hydrogens (tertiary/aromatic N) is 2. The second-order valence-electron chi connectivity index (χ2n) is 3.41. The van der Waals surface area contributed by atoms with Crippen molar-refractivity contribution in [2.24, 2.45) is 0 Å². The van der Waals surface area contributed by atoms with Gasteiger partial charge in [0.2, 0.25) is 5.95 Å². The molecule has 5 nitrogen and oxygen atoms in total. The van der Waals surface area contributed by atoms with Crippen LogP contribution in [0.5, 0.6) is 0 Å². The first kappa shape index (κ1) is 11.1. The Morgan fingerprint density at radius 3 is 2.71 bits per heavy atom. The molecule has 2 N–H and O–H groups in total. The molecule has 0 aliphatic carbocycles. The van der Waals surface area contributed by atoms with E-state index < -0.39 is 5.97 Å². The number of benzene rings is 1. The Labute approximate surface area is 98.2 Å². The smallest absolute Gasteiger partial charge is 0.354 e. The fraction of sp³-hybridized carbons (Fsp3) is 0.0833. The minimum atomic E-state index is -1.06. The quantitative estimate of drug-likeness (QED) is 0.835. The minimum Gasteiger partial charge on any atom is -0.477 e. The maximum Gasteiger partial charge on any atom is 0.354 e. The molecule has 5 heteroatoms. The standard InChI is InChI=1S/C12H11N3O2/c16-11(17)10-6-7-13-12(15-10)14-8-9-4-2-1-3-5-9/h1-7H,8H2,(H,16,17)(H,13,14,15). The second kappa shape index (κ2) is 5.07. The molecule has 0 bridgehead atoms. The lowest BCUT2D eigenvalue weighted by atomic mass is 10.2. The third kappa shape index (κ3) is 3.01. The molecule has 0 unspecified atom stereocenters. The second-order valence-corrected chi connectivity index (χ2v) is 3.41.